The lowest BCUT2D eigenvalue weighted by Gasteiger charge is -2.18. The lowest BCUT2D eigenvalue weighted by Crippen LogP contribution is -2.34. The van der Waals surface area contributed by atoms with Crippen molar-refractivity contribution in [3.05, 3.63) is 36.0 Å². The van der Waals surface area contributed by atoms with E-state index in [1.807, 2.05) is 24.3 Å². The van der Waals surface area contributed by atoms with Crippen molar-refractivity contribution in [2.75, 3.05) is 23.8 Å². The SMILES string of the molecule is O=C1C=C(Nc2ccccc2NC2CCCC2)C(=O)N1CCO. The normalized spacial score (nSPS) is 18.5. The molecule has 23 heavy (non-hydrogen) atoms. The van der Waals surface area contributed by atoms with Crippen LogP contribution in [-0.4, -0.2) is 41.0 Å². The minimum absolute atomic E-state index is 0.0152. The third kappa shape index (κ3) is 3.37. The van der Waals surface area contributed by atoms with Crippen molar-refractivity contribution in [1.29, 1.82) is 0 Å². The highest BCUT2D eigenvalue weighted by molar-refractivity contribution is 6.17. The van der Waals surface area contributed by atoms with Crippen LogP contribution in [0.25, 0.3) is 0 Å². The molecule has 0 atom stereocenters. The fourth-order valence-corrected chi connectivity index (χ4v) is 3.06. The molecular formula is C17H21N3O3. The fraction of sp³-hybridized carbons (Fsp3) is 0.412. The number of rotatable bonds is 6. The van der Waals surface area contributed by atoms with Gasteiger partial charge in [-0.3, -0.25) is 14.5 Å². The van der Waals surface area contributed by atoms with Crippen LogP contribution in [0.5, 0.6) is 0 Å². The molecule has 3 rings (SSSR count). The van der Waals surface area contributed by atoms with Crippen molar-refractivity contribution in [1.82, 2.24) is 4.90 Å². The van der Waals surface area contributed by atoms with Gasteiger partial charge in [-0.05, 0) is 25.0 Å². The Hall–Kier alpha value is -2.34. The molecule has 1 aromatic carbocycles. The highest BCUT2D eigenvalue weighted by Crippen LogP contribution is 2.28. The van der Waals surface area contributed by atoms with Crippen LogP contribution >= 0.6 is 0 Å². The maximum atomic E-state index is 12.2. The predicted octanol–water partition coefficient (Wildman–Crippen LogP) is 1.70. The van der Waals surface area contributed by atoms with Crippen LogP contribution in [0, 0.1) is 0 Å². The Bertz CT molecular complexity index is 636. The summed E-state index contributed by atoms with van der Waals surface area (Å²) >= 11 is 0. The molecule has 122 valence electrons. The summed E-state index contributed by atoms with van der Waals surface area (Å²) in [6, 6.07) is 8.13. The van der Waals surface area contributed by atoms with Crippen molar-refractivity contribution in [3.8, 4) is 0 Å². The van der Waals surface area contributed by atoms with E-state index in [-0.39, 0.29) is 18.8 Å². The Labute approximate surface area is 135 Å². The van der Waals surface area contributed by atoms with Crippen molar-refractivity contribution in [2.45, 2.75) is 31.7 Å². The van der Waals surface area contributed by atoms with E-state index < -0.39 is 11.8 Å². The molecule has 6 heteroatoms. The second kappa shape index (κ2) is 6.83. The summed E-state index contributed by atoms with van der Waals surface area (Å²) in [6.07, 6.45) is 6.06. The summed E-state index contributed by atoms with van der Waals surface area (Å²) < 4.78 is 0. The molecule has 1 aromatic rings. The summed E-state index contributed by atoms with van der Waals surface area (Å²) in [5, 5.41) is 15.5. The van der Waals surface area contributed by atoms with Gasteiger partial charge in [-0.1, -0.05) is 25.0 Å². The Morgan fingerprint density at radius 2 is 1.83 bits per heavy atom. The number of hydrogen-bond acceptors (Lipinski definition) is 5. The third-order valence-corrected chi connectivity index (χ3v) is 4.24. The summed E-state index contributed by atoms with van der Waals surface area (Å²) in [5.41, 5.74) is 1.95. The van der Waals surface area contributed by atoms with Crippen LogP contribution in [0.4, 0.5) is 11.4 Å². The first-order valence-electron chi connectivity index (χ1n) is 8.00. The molecule has 1 aliphatic carbocycles. The largest absolute Gasteiger partial charge is 0.395 e. The smallest absolute Gasteiger partial charge is 0.277 e. The molecule has 0 bridgehead atoms. The first-order chi connectivity index (χ1) is 11.2. The van der Waals surface area contributed by atoms with E-state index >= 15 is 0 Å². The predicted molar refractivity (Wildman–Crippen MR) is 87.8 cm³/mol. The van der Waals surface area contributed by atoms with Crippen LogP contribution in [0.2, 0.25) is 0 Å². The lowest BCUT2D eigenvalue weighted by molar-refractivity contribution is -0.137. The molecular weight excluding hydrogens is 294 g/mol. The van der Waals surface area contributed by atoms with Crippen molar-refractivity contribution >= 4 is 23.2 Å². The van der Waals surface area contributed by atoms with Crippen LogP contribution in [0.15, 0.2) is 36.0 Å². The van der Waals surface area contributed by atoms with E-state index in [0.717, 1.165) is 29.1 Å². The van der Waals surface area contributed by atoms with Crippen LogP contribution in [-0.2, 0) is 9.59 Å². The topological polar surface area (TPSA) is 81.7 Å². The fourth-order valence-electron chi connectivity index (χ4n) is 3.06. The molecule has 0 radical (unpaired) electrons. The molecule has 0 spiro atoms. The Balaban J connectivity index is 1.74. The van der Waals surface area contributed by atoms with Gasteiger partial charge in [0.05, 0.1) is 24.5 Å². The number of benzene rings is 1. The minimum atomic E-state index is -0.403. The maximum absolute atomic E-state index is 12.2. The van der Waals surface area contributed by atoms with E-state index in [1.54, 1.807) is 0 Å². The zero-order valence-electron chi connectivity index (χ0n) is 12.9. The number of aliphatic hydroxyl groups excluding tert-OH is 1. The summed E-state index contributed by atoms with van der Waals surface area (Å²) in [5.74, 6) is -0.799. The molecule has 3 N–H and O–H groups in total. The number of nitrogens with zero attached hydrogens (tertiary/aromatic N) is 1. The summed E-state index contributed by atoms with van der Waals surface area (Å²) in [7, 11) is 0. The number of imide groups is 1. The van der Waals surface area contributed by atoms with Crippen molar-refractivity contribution in [3.63, 3.8) is 0 Å². The second-order valence-electron chi connectivity index (χ2n) is 5.87. The molecule has 6 nitrogen and oxygen atoms in total. The lowest BCUT2D eigenvalue weighted by atomic mass is 10.2. The minimum Gasteiger partial charge on any atom is -0.395 e. The maximum Gasteiger partial charge on any atom is 0.277 e. The molecule has 2 amide bonds. The molecule has 0 saturated heterocycles. The number of nitrogens with one attached hydrogen (secondary N) is 2. The van der Waals surface area contributed by atoms with Crippen molar-refractivity contribution in [2.24, 2.45) is 0 Å². The number of β-amino-alcohol motifs (C(OH)–C–C–N with tert-alkyl or cyclic N) is 1. The molecule has 1 heterocycles. The van der Waals surface area contributed by atoms with Crippen LogP contribution in [0.3, 0.4) is 0 Å². The van der Waals surface area contributed by atoms with Gasteiger partial charge in [-0.15, -0.1) is 0 Å². The number of carbonyl (C=O) groups is 2. The molecule has 1 fully saturated rings. The number of amides is 2. The van der Waals surface area contributed by atoms with Gasteiger partial charge in [0.25, 0.3) is 11.8 Å². The quantitative estimate of drug-likeness (QED) is 0.696. The highest BCUT2D eigenvalue weighted by atomic mass is 16.3. The number of para-hydroxylation sites is 2. The molecule has 2 aliphatic rings. The second-order valence-corrected chi connectivity index (χ2v) is 5.87. The molecule has 1 saturated carbocycles. The van der Waals surface area contributed by atoms with Gasteiger partial charge >= 0.3 is 0 Å². The average molecular weight is 315 g/mol. The number of hydrogen-bond donors (Lipinski definition) is 3. The average Bonchev–Trinajstić information content (AvgIpc) is 3.14. The van der Waals surface area contributed by atoms with E-state index in [0.29, 0.717) is 6.04 Å². The van der Waals surface area contributed by atoms with E-state index in [9.17, 15) is 9.59 Å². The Morgan fingerprint density at radius 3 is 2.52 bits per heavy atom. The molecule has 0 unspecified atom stereocenters. The Kier molecular flexibility index (Phi) is 4.62. The number of carbonyl (C=O) groups excluding carboxylic acids is 2. The van der Waals surface area contributed by atoms with Gasteiger partial charge in [0.2, 0.25) is 0 Å². The first kappa shape index (κ1) is 15.6. The van der Waals surface area contributed by atoms with E-state index in [1.165, 1.54) is 18.9 Å². The van der Waals surface area contributed by atoms with Crippen LogP contribution in [0.1, 0.15) is 25.7 Å². The zero-order chi connectivity index (χ0) is 16.2. The zero-order valence-corrected chi connectivity index (χ0v) is 12.9. The van der Waals surface area contributed by atoms with Gasteiger partial charge in [-0.2, -0.15) is 0 Å². The monoisotopic (exact) mass is 315 g/mol. The van der Waals surface area contributed by atoms with Gasteiger partial charge in [-0.25, -0.2) is 0 Å². The summed E-state index contributed by atoms with van der Waals surface area (Å²) in [4.78, 5) is 25.0. The van der Waals surface area contributed by atoms with Gasteiger partial charge in [0.1, 0.15) is 5.70 Å². The van der Waals surface area contributed by atoms with Gasteiger partial charge in [0.15, 0.2) is 0 Å². The summed E-state index contributed by atoms with van der Waals surface area (Å²) in [6.45, 7) is -0.222. The standard InChI is InChI=1S/C17H21N3O3/c21-10-9-20-16(22)11-15(17(20)23)19-14-8-4-3-7-13(14)18-12-5-1-2-6-12/h3-4,7-8,11-12,18-19,21H,1-2,5-6,9-10H2. The number of anilines is 2. The van der Waals surface area contributed by atoms with Gasteiger partial charge in [0, 0.05) is 12.1 Å². The van der Waals surface area contributed by atoms with Crippen LogP contribution < -0.4 is 10.6 Å². The highest BCUT2D eigenvalue weighted by Gasteiger charge is 2.31. The van der Waals surface area contributed by atoms with Crippen molar-refractivity contribution < 1.29 is 14.7 Å². The van der Waals surface area contributed by atoms with E-state index in [4.69, 9.17) is 5.11 Å². The molecule has 1 aliphatic heterocycles. The molecule has 0 aromatic heterocycles. The third-order valence-electron chi connectivity index (χ3n) is 4.24. The first-order valence-corrected chi connectivity index (χ1v) is 8.00. The van der Waals surface area contributed by atoms with Gasteiger partial charge < -0.3 is 15.7 Å². The van der Waals surface area contributed by atoms with E-state index in [2.05, 4.69) is 10.6 Å². The number of aliphatic hydroxyl groups is 1. The Morgan fingerprint density at radius 1 is 1.13 bits per heavy atom.